The Balaban J connectivity index is 1.41. The van der Waals surface area contributed by atoms with Crippen molar-refractivity contribution in [3.05, 3.63) is 16.4 Å². The quantitative estimate of drug-likeness (QED) is 0.469. The van der Waals surface area contributed by atoms with Gasteiger partial charge in [0.1, 0.15) is 6.33 Å². The lowest BCUT2D eigenvalue weighted by Crippen LogP contribution is -2.60. The second-order valence-corrected chi connectivity index (χ2v) is 12.1. The molecule has 8 nitrogen and oxygen atoms in total. The number of hydrogen-bond acceptors (Lipinski definition) is 7. The minimum absolute atomic E-state index is 0.00705. The van der Waals surface area contributed by atoms with Crippen LogP contribution >= 0.6 is 0 Å². The predicted molar refractivity (Wildman–Crippen MR) is 121 cm³/mol. The van der Waals surface area contributed by atoms with Crippen LogP contribution in [0.3, 0.4) is 0 Å². The van der Waals surface area contributed by atoms with E-state index in [1.54, 1.807) is 0 Å². The van der Waals surface area contributed by atoms with E-state index in [0.29, 0.717) is 11.6 Å². The second-order valence-electron chi connectivity index (χ2n) is 12.1. The number of nitrogens with one attached hydrogen (secondary N) is 3. The molecule has 4 saturated carbocycles. The van der Waals surface area contributed by atoms with Crippen LogP contribution < -0.4 is 16.0 Å². The molecule has 0 aromatic carbocycles. The van der Waals surface area contributed by atoms with Gasteiger partial charge in [0.2, 0.25) is 11.6 Å². The lowest BCUT2D eigenvalue weighted by atomic mass is 9.53. The predicted octanol–water partition coefficient (Wildman–Crippen LogP) is 4.49. The van der Waals surface area contributed by atoms with Crippen LogP contribution in [0.15, 0.2) is 6.33 Å². The number of nitrogens with zero attached hydrogens (tertiary/aromatic N) is 3. The van der Waals surface area contributed by atoms with Crippen molar-refractivity contribution in [1.82, 2.24) is 15.3 Å². The molecule has 1 aliphatic heterocycles. The van der Waals surface area contributed by atoms with Crippen molar-refractivity contribution in [2.75, 3.05) is 10.6 Å². The van der Waals surface area contributed by atoms with Crippen LogP contribution in [0.5, 0.6) is 0 Å². The molecule has 8 heteroatoms. The van der Waals surface area contributed by atoms with Crippen LogP contribution in [-0.4, -0.2) is 37.5 Å². The van der Waals surface area contributed by atoms with Gasteiger partial charge in [-0.3, -0.25) is 10.1 Å². The Labute approximate surface area is 184 Å². The van der Waals surface area contributed by atoms with E-state index in [4.69, 9.17) is 0 Å². The highest BCUT2D eigenvalue weighted by Crippen LogP contribution is 2.57. The molecule has 2 heterocycles. The number of aromatic nitrogens is 2. The van der Waals surface area contributed by atoms with Crippen LogP contribution in [0, 0.1) is 27.9 Å². The first-order valence-corrected chi connectivity index (χ1v) is 11.8. The minimum Gasteiger partial charge on any atom is -0.361 e. The molecule has 5 aliphatic rings. The molecular weight excluding hydrogens is 392 g/mol. The standard InChI is InChI=1S/C23H36N6O2/c1-21(2)11-17(12-22(3,4)28-21)26-19-18(29(30)31)20(25-13-24-19)27-23-8-14-5-15(9-23)7-16(6-14)10-23/h13-17,28H,5-12H2,1-4H3,(H2,24,25,26,27). The Kier molecular flexibility index (Phi) is 4.74. The zero-order chi connectivity index (χ0) is 22.0. The topological polar surface area (TPSA) is 105 Å². The molecule has 4 aliphatic carbocycles. The van der Waals surface area contributed by atoms with E-state index < -0.39 is 0 Å². The maximum Gasteiger partial charge on any atom is 0.353 e. The molecule has 4 bridgehead atoms. The number of anilines is 2. The van der Waals surface area contributed by atoms with E-state index in [1.165, 1.54) is 25.6 Å². The second kappa shape index (κ2) is 7.02. The summed E-state index contributed by atoms with van der Waals surface area (Å²) in [5.74, 6) is 3.01. The van der Waals surface area contributed by atoms with E-state index in [0.717, 1.165) is 49.9 Å². The van der Waals surface area contributed by atoms with E-state index in [-0.39, 0.29) is 33.3 Å². The molecular formula is C23H36N6O2. The molecule has 31 heavy (non-hydrogen) atoms. The Morgan fingerprint density at radius 3 is 1.97 bits per heavy atom. The summed E-state index contributed by atoms with van der Waals surface area (Å²) >= 11 is 0. The average molecular weight is 429 g/mol. The number of nitro groups is 1. The van der Waals surface area contributed by atoms with Gasteiger partial charge < -0.3 is 16.0 Å². The molecule has 5 fully saturated rings. The van der Waals surface area contributed by atoms with E-state index in [9.17, 15) is 10.1 Å². The molecule has 1 aromatic heterocycles. The maximum atomic E-state index is 12.2. The average Bonchev–Trinajstić information content (AvgIpc) is 2.57. The first kappa shape index (κ1) is 20.9. The van der Waals surface area contributed by atoms with Crippen molar-refractivity contribution in [3.63, 3.8) is 0 Å². The van der Waals surface area contributed by atoms with Crippen LogP contribution in [0.25, 0.3) is 0 Å². The highest BCUT2D eigenvalue weighted by atomic mass is 16.6. The van der Waals surface area contributed by atoms with Crippen molar-refractivity contribution in [2.24, 2.45) is 17.8 Å². The van der Waals surface area contributed by atoms with Crippen molar-refractivity contribution < 1.29 is 4.92 Å². The van der Waals surface area contributed by atoms with Gasteiger partial charge in [-0.25, -0.2) is 9.97 Å². The third-order valence-electron chi connectivity index (χ3n) is 7.96. The van der Waals surface area contributed by atoms with Crippen molar-refractivity contribution >= 4 is 17.3 Å². The molecule has 170 valence electrons. The van der Waals surface area contributed by atoms with Gasteiger partial charge in [0.25, 0.3) is 0 Å². The third kappa shape index (κ3) is 4.11. The molecule has 1 aromatic rings. The van der Waals surface area contributed by atoms with Gasteiger partial charge in [-0.2, -0.15) is 0 Å². The first-order chi connectivity index (χ1) is 14.5. The maximum absolute atomic E-state index is 12.2. The summed E-state index contributed by atoms with van der Waals surface area (Å²) in [6, 6.07) is 0.104. The smallest absolute Gasteiger partial charge is 0.353 e. The number of rotatable bonds is 5. The summed E-state index contributed by atoms with van der Waals surface area (Å²) in [6.07, 6.45) is 10.5. The highest BCUT2D eigenvalue weighted by molar-refractivity contribution is 5.70. The van der Waals surface area contributed by atoms with Gasteiger partial charge in [-0.05, 0) is 96.8 Å². The largest absolute Gasteiger partial charge is 0.361 e. The number of hydrogen-bond donors (Lipinski definition) is 3. The highest BCUT2D eigenvalue weighted by Gasteiger charge is 2.51. The van der Waals surface area contributed by atoms with Gasteiger partial charge >= 0.3 is 5.69 Å². The lowest BCUT2D eigenvalue weighted by molar-refractivity contribution is -0.383. The summed E-state index contributed by atoms with van der Waals surface area (Å²) in [5, 5.41) is 22.8. The molecule has 1 saturated heterocycles. The molecule has 0 spiro atoms. The van der Waals surface area contributed by atoms with Gasteiger partial charge in [-0.1, -0.05) is 0 Å². The molecule has 0 amide bonds. The van der Waals surface area contributed by atoms with E-state index in [1.807, 2.05) is 0 Å². The van der Waals surface area contributed by atoms with Gasteiger partial charge in [0.15, 0.2) is 0 Å². The molecule has 0 unspecified atom stereocenters. The van der Waals surface area contributed by atoms with Crippen LogP contribution in [-0.2, 0) is 0 Å². The summed E-state index contributed by atoms with van der Waals surface area (Å²) < 4.78 is 0. The fourth-order valence-corrected chi connectivity index (χ4v) is 7.88. The van der Waals surface area contributed by atoms with Crippen molar-refractivity contribution in [2.45, 2.75) is 102 Å². The Bertz CT molecular complexity index is 832. The van der Waals surface area contributed by atoms with E-state index in [2.05, 4.69) is 53.6 Å². The monoisotopic (exact) mass is 428 g/mol. The van der Waals surface area contributed by atoms with Crippen LogP contribution in [0.1, 0.15) is 79.1 Å². The number of piperidine rings is 1. The van der Waals surface area contributed by atoms with Crippen molar-refractivity contribution in [3.8, 4) is 0 Å². The summed E-state index contributed by atoms with van der Waals surface area (Å²) in [6.45, 7) is 8.71. The summed E-state index contributed by atoms with van der Waals surface area (Å²) in [4.78, 5) is 20.5. The zero-order valence-corrected chi connectivity index (χ0v) is 19.2. The fraction of sp³-hybridized carbons (Fsp3) is 0.826. The van der Waals surface area contributed by atoms with Crippen LogP contribution in [0.4, 0.5) is 17.3 Å². The normalized spacial score (nSPS) is 35.7. The summed E-state index contributed by atoms with van der Waals surface area (Å²) in [5.41, 5.74) is -0.153. The fourth-order valence-electron chi connectivity index (χ4n) is 7.88. The molecule has 0 atom stereocenters. The molecule has 6 rings (SSSR count). The Hall–Kier alpha value is -1.96. The van der Waals surface area contributed by atoms with Crippen LogP contribution in [0.2, 0.25) is 0 Å². The van der Waals surface area contributed by atoms with Crippen molar-refractivity contribution in [1.29, 1.82) is 0 Å². The lowest BCUT2D eigenvalue weighted by Gasteiger charge is -2.57. The SMILES string of the molecule is CC1(C)CC(Nc2ncnc(NC34CC5CC(CC(C5)C3)C4)c2[N+](=O)[O-])CC(C)(C)N1. The molecule has 3 N–H and O–H groups in total. The Morgan fingerprint density at radius 2 is 1.45 bits per heavy atom. The minimum atomic E-state index is -0.317. The third-order valence-corrected chi connectivity index (χ3v) is 7.96. The Morgan fingerprint density at radius 1 is 0.935 bits per heavy atom. The molecule has 0 radical (unpaired) electrons. The zero-order valence-electron chi connectivity index (χ0n) is 19.2. The van der Waals surface area contributed by atoms with Gasteiger partial charge in [0.05, 0.1) is 4.92 Å². The van der Waals surface area contributed by atoms with E-state index >= 15 is 0 Å². The van der Waals surface area contributed by atoms with Gasteiger partial charge in [-0.15, -0.1) is 0 Å². The van der Waals surface area contributed by atoms with Gasteiger partial charge in [0, 0.05) is 22.7 Å². The first-order valence-electron chi connectivity index (χ1n) is 11.8. The summed E-state index contributed by atoms with van der Waals surface area (Å²) in [7, 11) is 0.